The molecule has 0 radical (unpaired) electrons. The number of carbonyl (C=O) groups excluding carboxylic acids is 1. The second kappa shape index (κ2) is 7.23. The van der Waals surface area contributed by atoms with Crippen molar-refractivity contribution < 1.29 is 9.18 Å². The van der Waals surface area contributed by atoms with Crippen LogP contribution in [0.25, 0.3) is 10.9 Å². The molecular weight excluding hydrogens is 321 g/mol. The number of anilines is 1. The van der Waals surface area contributed by atoms with Crippen LogP contribution < -0.4 is 16.4 Å². The lowest BCUT2D eigenvalue weighted by atomic mass is 10.1. The normalized spacial score (nSPS) is 12.1. The predicted octanol–water partition coefficient (Wildman–Crippen LogP) is 2.24. The van der Waals surface area contributed by atoms with Gasteiger partial charge in [-0.25, -0.2) is 14.4 Å². The molecule has 0 aliphatic rings. The number of hydrogen-bond donors (Lipinski definition) is 3. The Morgan fingerprint density at radius 2 is 2.04 bits per heavy atom. The van der Waals surface area contributed by atoms with Gasteiger partial charge >= 0.3 is 0 Å². The second-order valence-electron chi connectivity index (χ2n) is 5.60. The van der Waals surface area contributed by atoms with E-state index in [-0.39, 0.29) is 11.9 Å². The first-order chi connectivity index (χ1) is 12.1. The molecule has 1 heterocycles. The number of carbonyl (C=O) groups is 1. The van der Waals surface area contributed by atoms with Gasteiger partial charge in [0.2, 0.25) is 0 Å². The van der Waals surface area contributed by atoms with Crippen molar-refractivity contribution in [3.8, 4) is 0 Å². The quantitative estimate of drug-likeness (QED) is 0.640. The predicted molar refractivity (Wildman–Crippen MR) is 94.7 cm³/mol. The van der Waals surface area contributed by atoms with Crippen LogP contribution in [0.2, 0.25) is 0 Å². The Labute approximate surface area is 144 Å². The Hall–Kier alpha value is -3.06. The van der Waals surface area contributed by atoms with E-state index in [4.69, 9.17) is 5.73 Å². The van der Waals surface area contributed by atoms with Gasteiger partial charge in [0.1, 0.15) is 18.0 Å². The summed E-state index contributed by atoms with van der Waals surface area (Å²) < 4.78 is 13.6. The van der Waals surface area contributed by atoms with Gasteiger partial charge in [0, 0.05) is 11.9 Å². The van der Waals surface area contributed by atoms with E-state index in [0.717, 1.165) is 5.56 Å². The molecule has 6 nitrogen and oxygen atoms in total. The third-order valence-corrected chi connectivity index (χ3v) is 3.90. The molecule has 0 unspecified atom stereocenters. The Bertz CT molecular complexity index is 915. The topological polar surface area (TPSA) is 92.9 Å². The van der Waals surface area contributed by atoms with Gasteiger partial charge in [-0.2, -0.15) is 0 Å². The lowest BCUT2D eigenvalue weighted by molar-refractivity contribution is 0.100. The summed E-state index contributed by atoms with van der Waals surface area (Å²) in [5.41, 5.74) is 7.01. The molecule has 0 spiro atoms. The van der Waals surface area contributed by atoms with Crippen LogP contribution in [0.3, 0.4) is 0 Å². The molecule has 4 N–H and O–H groups in total. The first kappa shape index (κ1) is 16.8. The fourth-order valence-electron chi connectivity index (χ4n) is 2.75. The number of likely N-dealkylation sites (N-methyl/N-ethyl adjacent to an activating group) is 1. The summed E-state index contributed by atoms with van der Waals surface area (Å²) in [5, 5.41) is 7.06. The molecule has 3 aromatic rings. The number of halogens is 1. The maximum absolute atomic E-state index is 13.6. The standard InChI is InChI=1S/C18H18FN5O/c1-21-9-15(11-4-2-5-12(19)8-11)24-18-14-7-3-6-13(17(20)25)16(14)22-10-23-18/h2-8,10,15,21H,9H2,1H3,(H2,20,25)(H,22,23,24)/t15-/m0/s1. The van der Waals surface area contributed by atoms with Crippen LogP contribution in [-0.2, 0) is 0 Å². The van der Waals surface area contributed by atoms with Crippen LogP contribution in [0.4, 0.5) is 10.2 Å². The van der Waals surface area contributed by atoms with Crippen molar-refractivity contribution in [2.24, 2.45) is 5.73 Å². The van der Waals surface area contributed by atoms with Crippen LogP contribution >= 0.6 is 0 Å². The first-order valence-electron chi connectivity index (χ1n) is 7.80. The molecule has 2 aromatic carbocycles. The second-order valence-corrected chi connectivity index (χ2v) is 5.60. The molecule has 128 valence electrons. The third-order valence-electron chi connectivity index (χ3n) is 3.90. The molecule has 7 heteroatoms. The van der Waals surface area contributed by atoms with E-state index in [1.807, 2.05) is 19.2 Å². The number of benzene rings is 2. The molecule has 3 rings (SSSR count). The van der Waals surface area contributed by atoms with Crippen LogP contribution in [0.1, 0.15) is 22.0 Å². The van der Waals surface area contributed by atoms with Crippen molar-refractivity contribution >= 4 is 22.6 Å². The fraction of sp³-hybridized carbons (Fsp3) is 0.167. The Morgan fingerprint density at radius 1 is 1.24 bits per heavy atom. The summed E-state index contributed by atoms with van der Waals surface area (Å²) in [5.74, 6) is -0.297. The number of hydrogen-bond acceptors (Lipinski definition) is 5. The summed E-state index contributed by atoms with van der Waals surface area (Å²) in [6.45, 7) is 0.560. The smallest absolute Gasteiger partial charge is 0.250 e. The van der Waals surface area contributed by atoms with Crippen LogP contribution in [0.15, 0.2) is 48.8 Å². The highest BCUT2D eigenvalue weighted by atomic mass is 19.1. The zero-order chi connectivity index (χ0) is 17.8. The van der Waals surface area contributed by atoms with Gasteiger partial charge in [0.15, 0.2) is 0 Å². The molecule has 1 atom stereocenters. The Kier molecular flexibility index (Phi) is 4.85. The van der Waals surface area contributed by atoms with Crippen molar-refractivity contribution in [3.05, 3.63) is 65.7 Å². The van der Waals surface area contributed by atoms with Crippen molar-refractivity contribution in [1.82, 2.24) is 15.3 Å². The van der Waals surface area contributed by atoms with E-state index >= 15 is 0 Å². The van der Waals surface area contributed by atoms with E-state index in [2.05, 4.69) is 20.6 Å². The molecule has 25 heavy (non-hydrogen) atoms. The first-order valence-corrected chi connectivity index (χ1v) is 7.80. The highest BCUT2D eigenvalue weighted by molar-refractivity contribution is 6.06. The largest absolute Gasteiger partial charge is 0.366 e. The van der Waals surface area contributed by atoms with Gasteiger partial charge in [0.05, 0.1) is 17.1 Å². The number of nitrogens with zero attached hydrogens (tertiary/aromatic N) is 2. The monoisotopic (exact) mass is 339 g/mol. The maximum atomic E-state index is 13.6. The van der Waals surface area contributed by atoms with E-state index in [1.165, 1.54) is 18.5 Å². The molecule has 0 saturated carbocycles. The fourth-order valence-corrected chi connectivity index (χ4v) is 2.75. The highest BCUT2D eigenvalue weighted by Crippen LogP contribution is 2.26. The van der Waals surface area contributed by atoms with Crippen molar-refractivity contribution in [1.29, 1.82) is 0 Å². The zero-order valence-electron chi connectivity index (χ0n) is 13.7. The number of fused-ring (bicyclic) bond motifs is 1. The minimum Gasteiger partial charge on any atom is -0.366 e. The molecule has 1 amide bonds. The lowest BCUT2D eigenvalue weighted by Gasteiger charge is -2.20. The summed E-state index contributed by atoms with van der Waals surface area (Å²) in [6.07, 6.45) is 1.37. The van der Waals surface area contributed by atoms with Crippen molar-refractivity contribution in [2.45, 2.75) is 6.04 Å². The number of aromatic nitrogens is 2. The molecule has 0 aliphatic heterocycles. The van der Waals surface area contributed by atoms with Gasteiger partial charge in [-0.3, -0.25) is 4.79 Å². The number of nitrogens with two attached hydrogens (primary N) is 1. The lowest BCUT2D eigenvalue weighted by Crippen LogP contribution is -2.24. The van der Waals surface area contributed by atoms with Crippen LogP contribution in [0.5, 0.6) is 0 Å². The third kappa shape index (κ3) is 3.56. The molecule has 0 saturated heterocycles. The molecule has 1 aromatic heterocycles. The molecular formula is C18H18FN5O. The summed E-state index contributed by atoms with van der Waals surface area (Å²) in [6, 6.07) is 11.3. The Morgan fingerprint density at radius 3 is 2.76 bits per heavy atom. The molecule has 0 fully saturated rings. The summed E-state index contributed by atoms with van der Waals surface area (Å²) in [7, 11) is 1.82. The summed E-state index contributed by atoms with van der Waals surface area (Å²) in [4.78, 5) is 20.1. The average Bonchev–Trinajstić information content (AvgIpc) is 2.61. The minimum absolute atomic E-state index is 0.212. The van der Waals surface area contributed by atoms with Gasteiger partial charge in [-0.05, 0) is 36.9 Å². The summed E-state index contributed by atoms with van der Waals surface area (Å²) >= 11 is 0. The number of nitrogens with one attached hydrogen (secondary N) is 2. The molecule has 0 bridgehead atoms. The minimum atomic E-state index is -0.549. The molecule has 0 aliphatic carbocycles. The van der Waals surface area contributed by atoms with Crippen molar-refractivity contribution in [2.75, 3.05) is 18.9 Å². The van der Waals surface area contributed by atoms with Gasteiger partial charge < -0.3 is 16.4 Å². The van der Waals surface area contributed by atoms with E-state index < -0.39 is 5.91 Å². The van der Waals surface area contributed by atoms with Crippen LogP contribution in [0, 0.1) is 5.82 Å². The number of primary amides is 1. The van der Waals surface area contributed by atoms with E-state index in [1.54, 1.807) is 18.2 Å². The van der Waals surface area contributed by atoms with Crippen molar-refractivity contribution in [3.63, 3.8) is 0 Å². The van der Waals surface area contributed by atoms with E-state index in [0.29, 0.717) is 28.8 Å². The van der Waals surface area contributed by atoms with Gasteiger partial charge in [-0.15, -0.1) is 0 Å². The van der Waals surface area contributed by atoms with Gasteiger partial charge in [0.25, 0.3) is 5.91 Å². The number of amides is 1. The highest BCUT2D eigenvalue weighted by Gasteiger charge is 2.16. The zero-order valence-corrected chi connectivity index (χ0v) is 13.7. The average molecular weight is 339 g/mol. The number of para-hydroxylation sites is 1. The van der Waals surface area contributed by atoms with E-state index in [9.17, 15) is 9.18 Å². The SMILES string of the molecule is CNC[C@H](Nc1ncnc2c(C(N)=O)cccc12)c1cccc(F)c1. The van der Waals surface area contributed by atoms with Crippen LogP contribution in [-0.4, -0.2) is 29.5 Å². The maximum Gasteiger partial charge on any atom is 0.250 e. The number of rotatable bonds is 6. The Balaban J connectivity index is 2.03. The van der Waals surface area contributed by atoms with Gasteiger partial charge in [-0.1, -0.05) is 18.2 Å².